The smallest absolute Gasteiger partial charge is 0.407 e. The average molecular weight is 505 g/mol. The Labute approximate surface area is 177 Å². The summed E-state index contributed by atoms with van der Waals surface area (Å²) < 4.78 is 11.9. The van der Waals surface area contributed by atoms with Crippen LogP contribution in [0.4, 0.5) is 4.79 Å². The molecule has 5 nitrogen and oxygen atoms in total. The van der Waals surface area contributed by atoms with Gasteiger partial charge in [0.2, 0.25) is 0 Å². The first-order chi connectivity index (χ1) is 12.3. The normalized spacial score (nSPS) is 13.0. The zero-order chi connectivity index (χ0) is 20.7. The second-order valence-corrected chi connectivity index (χ2v) is 15.8. The molecule has 0 unspecified atom stereocenters. The predicted molar refractivity (Wildman–Crippen MR) is 120 cm³/mol. The molecule has 27 heavy (non-hydrogen) atoms. The summed E-state index contributed by atoms with van der Waals surface area (Å²) in [7, 11) is -1.25. The molecule has 1 amide bonds. The molecular formula is C20H32INO4Si. The largest absolute Gasteiger partial charge is 0.466 e. The van der Waals surface area contributed by atoms with E-state index < -0.39 is 19.8 Å². The molecule has 7 heteroatoms. The van der Waals surface area contributed by atoms with Gasteiger partial charge in [-0.2, -0.15) is 0 Å². The van der Waals surface area contributed by atoms with E-state index in [1.807, 2.05) is 45.0 Å². The Morgan fingerprint density at radius 1 is 1.15 bits per heavy atom. The van der Waals surface area contributed by atoms with Crippen molar-refractivity contribution in [3.63, 3.8) is 0 Å². The van der Waals surface area contributed by atoms with Gasteiger partial charge in [-0.25, -0.2) is 4.79 Å². The Hall–Kier alpha value is -1.09. The summed E-state index contributed by atoms with van der Waals surface area (Å²) in [6.07, 6.45) is 0.142. The Bertz CT molecular complexity index is 620. The third-order valence-electron chi connectivity index (χ3n) is 3.64. The van der Waals surface area contributed by atoms with Crippen LogP contribution < -0.4 is 5.32 Å². The van der Waals surface area contributed by atoms with Gasteiger partial charge >= 0.3 is 12.1 Å². The maximum absolute atomic E-state index is 12.3. The standard InChI is InChI=1S/C20H32INO4Si/c1-20(2,3)26-19(24)22-17(13-15-7-9-16(21)10-8-15)14-18(23)25-11-12-27(4,5)6/h7-10,17H,11-14H2,1-6H3,(H,22,24)/t17-/m0/s1. The van der Waals surface area contributed by atoms with Gasteiger partial charge in [0.15, 0.2) is 0 Å². The van der Waals surface area contributed by atoms with E-state index in [1.54, 1.807) is 0 Å². The lowest BCUT2D eigenvalue weighted by Crippen LogP contribution is -2.41. The molecule has 0 heterocycles. The highest BCUT2D eigenvalue weighted by Gasteiger charge is 2.23. The first-order valence-electron chi connectivity index (χ1n) is 9.24. The van der Waals surface area contributed by atoms with Crippen LogP contribution in [0.2, 0.25) is 25.7 Å². The Balaban J connectivity index is 2.70. The molecule has 1 aromatic carbocycles. The van der Waals surface area contributed by atoms with Crippen molar-refractivity contribution in [2.75, 3.05) is 6.61 Å². The number of hydrogen-bond acceptors (Lipinski definition) is 4. The van der Waals surface area contributed by atoms with Crippen LogP contribution in [0.5, 0.6) is 0 Å². The average Bonchev–Trinajstić information content (AvgIpc) is 2.46. The first kappa shape index (κ1) is 23.9. The molecule has 1 aromatic rings. The van der Waals surface area contributed by atoms with E-state index in [9.17, 15) is 9.59 Å². The van der Waals surface area contributed by atoms with Crippen molar-refractivity contribution in [2.45, 2.75) is 70.9 Å². The molecule has 0 saturated carbocycles. The Kier molecular flexibility index (Phi) is 9.27. The number of nitrogens with one attached hydrogen (secondary N) is 1. The molecule has 1 rings (SSSR count). The zero-order valence-corrected chi connectivity index (χ0v) is 20.4. The molecule has 152 valence electrons. The number of alkyl carbamates (subject to hydrolysis) is 1. The van der Waals surface area contributed by atoms with Gasteiger partial charge in [0.05, 0.1) is 13.0 Å². The summed E-state index contributed by atoms with van der Waals surface area (Å²) in [5.41, 5.74) is 0.460. The molecule has 0 bridgehead atoms. The molecule has 0 spiro atoms. The van der Waals surface area contributed by atoms with Crippen LogP contribution in [0, 0.1) is 3.57 Å². The fourth-order valence-electron chi connectivity index (χ4n) is 2.28. The fraction of sp³-hybridized carbons (Fsp3) is 0.600. The maximum Gasteiger partial charge on any atom is 0.407 e. The third-order valence-corrected chi connectivity index (χ3v) is 6.07. The second kappa shape index (κ2) is 10.5. The van der Waals surface area contributed by atoms with Crippen LogP contribution in [-0.4, -0.2) is 38.4 Å². The molecule has 1 atom stereocenters. The molecule has 1 N–H and O–H groups in total. The SMILES string of the molecule is CC(C)(C)OC(=O)N[C@H](CC(=O)OCC[Si](C)(C)C)Cc1ccc(I)cc1. The molecule has 0 aliphatic carbocycles. The molecule has 0 saturated heterocycles. The Morgan fingerprint density at radius 3 is 2.26 bits per heavy atom. The number of benzene rings is 1. The summed E-state index contributed by atoms with van der Waals surface area (Å²) in [5, 5.41) is 2.82. The first-order valence-corrected chi connectivity index (χ1v) is 14.0. The van der Waals surface area contributed by atoms with Crippen LogP contribution in [0.1, 0.15) is 32.8 Å². The highest BCUT2D eigenvalue weighted by molar-refractivity contribution is 14.1. The van der Waals surface area contributed by atoms with Crippen molar-refractivity contribution >= 4 is 42.7 Å². The van der Waals surface area contributed by atoms with Crippen molar-refractivity contribution in [1.82, 2.24) is 5.32 Å². The van der Waals surface area contributed by atoms with Gasteiger partial charge in [0.25, 0.3) is 0 Å². The number of amides is 1. The lowest BCUT2D eigenvalue weighted by Gasteiger charge is -2.23. The summed E-state index contributed by atoms with van der Waals surface area (Å²) in [6, 6.07) is 8.57. The van der Waals surface area contributed by atoms with Gasteiger partial charge in [-0.15, -0.1) is 0 Å². The number of carbonyl (C=O) groups excluding carboxylic acids is 2. The predicted octanol–water partition coefficient (Wildman–Crippen LogP) is 5.00. The molecule has 0 aliphatic heterocycles. The number of halogens is 1. The van der Waals surface area contributed by atoms with E-state index >= 15 is 0 Å². The van der Waals surface area contributed by atoms with Gasteiger partial charge in [0.1, 0.15) is 5.60 Å². The second-order valence-electron chi connectivity index (χ2n) is 8.91. The van der Waals surface area contributed by atoms with E-state index in [1.165, 1.54) is 0 Å². The number of esters is 1. The maximum atomic E-state index is 12.3. The van der Waals surface area contributed by atoms with Crippen LogP contribution in [0.3, 0.4) is 0 Å². The molecule has 0 fully saturated rings. The van der Waals surface area contributed by atoms with Crippen molar-refractivity contribution in [3.05, 3.63) is 33.4 Å². The quantitative estimate of drug-likeness (QED) is 0.307. The van der Waals surface area contributed by atoms with E-state index in [2.05, 4.69) is 47.5 Å². The van der Waals surface area contributed by atoms with Gasteiger partial charge in [-0.05, 0) is 73.5 Å². The van der Waals surface area contributed by atoms with Gasteiger partial charge in [0, 0.05) is 17.7 Å². The Morgan fingerprint density at radius 2 is 1.74 bits per heavy atom. The zero-order valence-electron chi connectivity index (χ0n) is 17.2. The molecule has 0 aromatic heterocycles. The van der Waals surface area contributed by atoms with Gasteiger partial charge in [-0.3, -0.25) is 4.79 Å². The van der Waals surface area contributed by atoms with Gasteiger partial charge < -0.3 is 14.8 Å². The van der Waals surface area contributed by atoms with E-state index in [0.29, 0.717) is 13.0 Å². The fourth-order valence-corrected chi connectivity index (χ4v) is 3.36. The summed E-state index contributed by atoms with van der Waals surface area (Å²) in [4.78, 5) is 24.4. The summed E-state index contributed by atoms with van der Waals surface area (Å²) in [6.45, 7) is 12.6. The number of hydrogen-bond donors (Lipinski definition) is 1. The van der Waals surface area contributed by atoms with Crippen LogP contribution in [-0.2, 0) is 20.7 Å². The minimum atomic E-state index is -1.25. The van der Waals surface area contributed by atoms with Crippen LogP contribution in [0.25, 0.3) is 0 Å². The van der Waals surface area contributed by atoms with Crippen molar-refractivity contribution in [2.24, 2.45) is 0 Å². The van der Waals surface area contributed by atoms with E-state index in [4.69, 9.17) is 9.47 Å². The molecule has 0 aliphatic rings. The van der Waals surface area contributed by atoms with Crippen molar-refractivity contribution < 1.29 is 19.1 Å². The van der Waals surface area contributed by atoms with Gasteiger partial charge in [-0.1, -0.05) is 31.8 Å². The van der Waals surface area contributed by atoms with Crippen molar-refractivity contribution in [3.8, 4) is 0 Å². The lowest BCUT2D eigenvalue weighted by atomic mass is 10.0. The molecule has 0 radical (unpaired) electrons. The third kappa shape index (κ3) is 12.1. The highest BCUT2D eigenvalue weighted by atomic mass is 127. The monoisotopic (exact) mass is 505 g/mol. The van der Waals surface area contributed by atoms with Crippen LogP contribution >= 0.6 is 22.6 Å². The minimum absolute atomic E-state index is 0.122. The van der Waals surface area contributed by atoms with E-state index in [0.717, 1.165) is 15.2 Å². The molecular weight excluding hydrogens is 473 g/mol. The number of carbonyl (C=O) groups is 2. The van der Waals surface area contributed by atoms with E-state index in [-0.39, 0.29) is 18.4 Å². The van der Waals surface area contributed by atoms with Crippen LogP contribution in [0.15, 0.2) is 24.3 Å². The summed E-state index contributed by atoms with van der Waals surface area (Å²) in [5.74, 6) is -0.292. The summed E-state index contributed by atoms with van der Waals surface area (Å²) >= 11 is 2.25. The number of rotatable bonds is 8. The topological polar surface area (TPSA) is 64.6 Å². The minimum Gasteiger partial charge on any atom is -0.466 e. The number of ether oxygens (including phenoxy) is 2. The lowest BCUT2D eigenvalue weighted by molar-refractivity contribution is -0.143. The highest BCUT2D eigenvalue weighted by Crippen LogP contribution is 2.13. The van der Waals surface area contributed by atoms with Crippen molar-refractivity contribution in [1.29, 1.82) is 0 Å².